The Balaban J connectivity index is 1.72. The van der Waals surface area contributed by atoms with Crippen molar-refractivity contribution in [1.82, 2.24) is 9.78 Å². The Morgan fingerprint density at radius 3 is 2.61 bits per heavy atom. The molecule has 0 saturated heterocycles. The quantitative estimate of drug-likeness (QED) is 0.423. The van der Waals surface area contributed by atoms with E-state index in [2.05, 4.69) is 21.2 Å². The molecule has 2 heterocycles. The molecule has 6 nitrogen and oxygen atoms in total. The van der Waals surface area contributed by atoms with E-state index < -0.39 is 6.04 Å². The van der Waals surface area contributed by atoms with Crippen LogP contribution in [0.4, 0.5) is 5.69 Å². The molecule has 2 N–H and O–H groups in total. The molecule has 1 aromatic heterocycles. The van der Waals surface area contributed by atoms with Gasteiger partial charge in [0.1, 0.15) is 11.5 Å². The number of methoxy groups -OCH3 is 1. The van der Waals surface area contributed by atoms with E-state index in [4.69, 9.17) is 9.84 Å². The Morgan fingerprint density at radius 2 is 1.84 bits per heavy atom. The molecule has 154 valence electrons. The molecule has 0 fully saturated rings. The highest BCUT2D eigenvalue weighted by Gasteiger charge is 2.34. The van der Waals surface area contributed by atoms with Crippen molar-refractivity contribution in [2.75, 3.05) is 12.4 Å². The first-order valence-electron chi connectivity index (χ1n) is 9.68. The summed E-state index contributed by atoms with van der Waals surface area (Å²) in [4.78, 5) is 12.9. The summed E-state index contributed by atoms with van der Waals surface area (Å²) in [5.41, 5.74) is 4.40. The van der Waals surface area contributed by atoms with E-state index >= 15 is 0 Å². The fourth-order valence-electron chi connectivity index (χ4n) is 3.84. The number of phenolic OH excluding ortho intramolecular Hbond substituents is 1. The maximum atomic E-state index is 12.9. The third-order valence-electron chi connectivity index (χ3n) is 5.36. The number of nitrogens with one attached hydrogen (secondary N) is 1. The molecule has 0 saturated carbocycles. The predicted octanol–water partition coefficient (Wildman–Crippen LogP) is 5.24. The minimum atomic E-state index is -0.642. The van der Waals surface area contributed by atoms with E-state index in [0.717, 1.165) is 27.0 Å². The molecule has 0 radical (unpaired) electrons. The summed E-state index contributed by atoms with van der Waals surface area (Å²) in [5.74, 6) is 0.691. The second-order valence-electron chi connectivity index (χ2n) is 7.23. The van der Waals surface area contributed by atoms with Crippen LogP contribution in [0, 0.1) is 0 Å². The molecule has 0 aliphatic carbocycles. The first-order chi connectivity index (χ1) is 15.0. The molecule has 1 atom stereocenters. The van der Waals surface area contributed by atoms with Gasteiger partial charge in [0.2, 0.25) is 0 Å². The van der Waals surface area contributed by atoms with E-state index in [1.54, 1.807) is 23.9 Å². The van der Waals surface area contributed by atoms with Crippen molar-refractivity contribution < 1.29 is 14.6 Å². The van der Waals surface area contributed by atoms with Crippen LogP contribution in [-0.4, -0.2) is 27.9 Å². The van der Waals surface area contributed by atoms with Gasteiger partial charge in [-0.15, -0.1) is 0 Å². The summed E-state index contributed by atoms with van der Waals surface area (Å²) < 4.78 is 7.75. The molecule has 1 aliphatic heterocycles. The first kappa shape index (κ1) is 19.4. The number of hydrogen-bond acceptors (Lipinski definition) is 4. The van der Waals surface area contributed by atoms with E-state index in [1.807, 2.05) is 60.7 Å². The molecule has 5 rings (SSSR count). The van der Waals surface area contributed by atoms with Gasteiger partial charge in [-0.2, -0.15) is 5.10 Å². The lowest BCUT2D eigenvalue weighted by molar-refractivity contribution is -0.117. The molecule has 3 aromatic carbocycles. The fourth-order valence-corrected chi connectivity index (χ4v) is 4.20. The van der Waals surface area contributed by atoms with Crippen LogP contribution >= 0.6 is 15.9 Å². The molecule has 0 unspecified atom stereocenters. The van der Waals surface area contributed by atoms with E-state index in [1.165, 1.54) is 0 Å². The second-order valence-corrected chi connectivity index (χ2v) is 8.14. The number of amides is 1. The normalized spacial score (nSPS) is 14.9. The van der Waals surface area contributed by atoms with Crippen molar-refractivity contribution in [2.24, 2.45) is 0 Å². The number of rotatable bonds is 4. The van der Waals surface area contributed by atoms with Crippen molar-refractivity contribution in [3.63, 3.8) is 0 Å². The van der Waals surface area contributed by atoms with Gasteiger partial charge in [0.05, 0.1) is 18.5 Å². The molecule has 1 aliphatic rings. The van der Waals surface area contributed by atoms with Gasteiger partial charge >= 0.3 is 0 Å². The van der Waals surface area contributed by atoms with Crippen LogP contribution in [0.15, 0.2) is 77.3 Å². The zero-order valence-electron chi connectivity index (χ0n) is 16.5. The number of hydrogen-bond donors (Lipinski definition) is 2. The smallest absolute Gasteiger partial charge is 0.253 e. The summed E-state index contributed by atoms with van der Waals surface area (Å²) in [7, 11) is 1.62. The Kier molecular flexibility index (Phi) is 4.75. The van der Waals surface area contributed by atoms with Crippen LogP contribution in [-0.2, 0) is 4.79 Å². The number of carbonyl (C=O) groups is 1. The van der Waals surface area contributed by atoms with Gasteiger partial charge in [0.25, 0.3) is 5.91 Å². The SMILES string of the molecule is COc1ccc(-c2cc(-c3cc(Br)ccc3O)n([C@@H]3C(=O)Nc4ccccc43)n2)cc1. The topological polar surface area (TPSA) is 76.4 Å². The number of carbonyl (C=O) groups excluding carboxylic acids is 1. The zero-order valence-corrected chi connectivity index (χ0v) is 18.1. The van der Waals surface area contributed by atoms with Crippen LogP contribution in [0.3, 0.4) is 0 Å². The summed E-state index contributed by atoms with van der Waals surface area (Å²) in [6, 6.07) is 21.6. The lowest BCUT2D eigenvalue weighted by atomic mass is 10.1. The standard InChI is InChI=1S/C24H18BrN3O3/c1-31-16-9-6-14(7-10-16)20-13-21(18-12-15(25)8-11-22(18)29)28(27-20)23-17-4-2-3-5-19(17)26-24(23)30/h2-13,23,29H,1H3,(H,26,30)/t23-/m0/s1. The third kappa shape index (κ3) is 3.37. The van der Waals surface area contributed by atoms with Crippen LogP contribution < -0.4 is 10.1 Å². The van der Waals surface area contributed by atoms with Crippen molar-refractivity contribution in [1.29, 1.82) is 0 Å². The molecule has 0 bridgehead atoms. The van der Waals surface area contributed by atoms with Crippen LogP contribution in [0.5, 0.6) is 11.5 Å². The first-order valence-corrected chi connectivity index (χ1v) is 10.5. The number of benzene rings is 3. The summed E-state index contributed by atoms with van der Waals surface area (Å²) in [6.45, 7) is 0. The van der Waals surface area contributed by atoms with Crippen molar-refractivity contribution in [3.8, 4) is 34.0 Å². The second kappa shape index (κ2) is 7.59. The number of fused-ring (bicyclic) bond motifs is 1. The highest BCUT2D eigenvalue weighted by Crippen LogP contribution is 2.40. The number of para-hydroxylation sites is 1. The molecule has 31 heavy (non-hydrogen) atoms. The number of aromatic hydroxyl groups is 1. The van der Waals surface area contributed by atoms with E-state index in [0.29, 0.717) is 17.0 Å². The van der Waals surface area contributed by atoms with Gasteiger partial charge in [-0.05, 0) is 54.6 Å². The number of ether oxygens (including phenoxy) is 1. The van der Waals surface area contributed by atoms with Gasteiger partial charge < -0.3 is 15.2 Å². The predicted molar refractivity (Wildman–Crippen MR) is 122 cm³/mol. The molecule has 4 aromatic rings. The number of nitrogens with zero attached hydrogens (tertiary/aromatic N) is 2. The maximum absolute atomic E-state index is 12.9. The molecular weight excluding hydrogens is 458 g/mol. The van der Waals surface area contributed by atoms with Crippen LogP contribution in [0.25, 0.3) is 22.5 Å². The minimum Gasteiger partial charge on any atom is -0.507 e. The van der Waals surface area contributed by atoms with Crippen molar-refractivity contribution >= 4 is 27.5 Å². The van der Waals surface area contributed by atoms with Gasteiger partial charge in [-0.3, -0.25) is 4.79 Å². The molecule has 1 amide bonds. The monoisotopic (exact) mass is 475 g/mol. The number of phenols is 1. The fraction of sp³-hybridized carbons (Fsp3) is 0.0833. The Bertz CT molecular complexity index is 1300. The maximum Gasteiger partial charge on any atom is 0.253 e. The summed E-state index contributed by atoms with van der Waals surface area (Å²) >= 11 is 3.47. The lowest BCUT2D eigenvalue weighted by Gasteiger charge is -2.15. The van der Waals surface area contributed by atoms with Gasteiger partial charge in [0, 0.05) is 26.9 Å². The molecular formula is C24H18BrN3O3. The number of halogens is 1. The van der Waals surface area contributed by atoms with Crippen LogP contribution in [0.1, 0.15) is 11.6 Å². The molecule has 7 heteroatoms. The summed E-state index contributed by atoms with van der Waals surface area (Å²) in [6.07, 6.45) is 0. The highest BCUT2D eigenvalue weighted by atomic mass is 79.9. The van der Waals surface area contributed by atoms with Gasteiger partial charge in [-0.25, -0.2) is 4.68 Å². The summed E-state index contributed by atoms with van der Waals surface area (Å²) in [5, 5.41) is 18.3. The van der Waals surface area contributed by atoms with Crippen LogP contribution in [0.2, 0.25) is 0 Å². The highest BCUT2D eigenvalue weighted by molar-refractivity contribution is 9.10. The Labute approximate surface area is 187 Å². The molecule has 0 spiro atoms. The van der Waals surface area contributed by atoms with Gasteiger partial charge in [-0.1, -0.05) is 34.1 Å². The Hall–Kier alpha value is -3.58. The van der Waals surface area contributed by atoms with Crippen molar-refractivity contribution in [2.45, 2.75) is 6.04 Å². The van der Waals surface area contributed by atoms with E-state index in [-0.39, 0.29) is 11.7 Å². The van der Waals surface area contributed by atoms with Crippen molar-refractivity contribution in [3.05, 3.63) is 82.8 Å². The van der Waals surface area contributed by atoms with E-state index in [9.17, 15) is 9.90 Å². The minimum absolute atomic E-state index is 0.109. The number of aromatic nitrogens is 2. The van der Waals surface area contributed by atoms with Gasteiger partial charge in [0.15, 0.2) is 6.04 Å². The average molecular weight is 476 g/mol. The largest absolute Gasteiger partial charge is 0.507 e. The average Bonchev–Trinajstić information content (AvgIpc) is 3.35. The Morgan fingerprint density at radius 1 is 1.06 bits per heavy atom. The zero-order chi connectivity index (χ0) is 21.5. The third-order valence-corrected chi connectivity index (χ3v) is 5.86. The number of anilines is 1. The lowest BCUT2D eigenvalue weighted by Crippen LogP contribution is -2.21.